The van der Waals surface area contributed by atoms with Crippen LogP contribution in [-0.2, 0) is 0 Å². The molecule has 2 rings (SSSR count). The summed E-state index contributed by atoms with van der Waals surface area (Å²) in [6.07, 6.45) is 0. The Morgan fingerprint density at radius 1 is 1.25 bits per heavy atom. The third kappa shape index (κ3) is 3.37. The largest absolute Gasteiger partial charge is 0.497 e. The van der Waals surface area contributed by atoms with E-state index < -0.39 is 0 Å². The third-order valence-corrected chi connectivity index (χ3v) is 3.81. The first-order valence-electron chi connectivity index (χ1n) is 5.71. The van der Waals surface area contributed by atoms with Crippen molar-refractivity contribution < 1.29 is 9.13 Å². The number of rotatable bonds is 4. The van der Waals surface area contributed by atoms with Crippen LogP contribution in [0.5, 0.6) is 5.75 Å². The lowest BCUT2D eigenvalue weighted by molar-refractivity contribution is 0.415. The fraction of sp³-hybridized carbons (Fsp3) is 0.0714. The quantitative estimate of drug-likeness (QED) is 0.603. The molecule has 0 saturated heterocycles. The van der Waals surface area contributed by atoms with Crippen LogP contribution < -0.4 is 15.8 Å². The monoisotopic (exact) mass is 402 g/mol. The average Bonchev–Trinajstić information content (AvgIpc) is 2.41. The highest BCUT2D eigenvalue weighted by molar-refractivity contribution is 14.1. The topological polar surface area (TPSA) is 47.3 Å². The van der Waals surface area contributed by atoms with Crippen LogP contribution in [0, 0.1) is 9.39 Å². The van der Waals surface area contributed by atoms with Gasteiger partial charge in [-0.15, -0.1) is 0 Å². The molecule has 3 N–H and O–H groups in total. The summed E-state index contributed by atoms with van der Waals surface area (Å²) in [6, 6.07) is 9.89. The minimum absolute atomic E-state index is 0.278. The van der Waals surface area contributed by atoms with Crippen LogP contribution in [0.2, 0.25) is 0 Å². The van der Waals surface area contributed by atoms with Crippen LogP contribution in [0.15, 0.2) is 36.4 Å². The van der Waals surface area contributed by atoms with Gasteiger partial charge in [0.1, 0.15) is 16.6 Å². The number of hydrogen-bond acceptors (Lipinski definition) is 3. The number of nitrogens with two attached hydrogens (primary N) is 1. The van der Waals surface area contributed by atoms with Gasteiger partial charge in [-0.05, 0) is 52.9 Å². The highest BCUT2D eigenvalue weighted by atomic mass is 127. The van der Waals surface area contributed by atoms with E-state index in [1.165, 1.54) is 12.1 Å². The Morgan fingerprint density at radius 2 is 2.00 bits per heavy atom. The highest BCUT2D eigenvalue weighted by Gasteiger charge is 2.09. The van der Waals surface area contributed by atoms with Crippen LogP contribution in [0.3, 0.4) is 0 Å². The van der Waals surface area contributed by atoms with Gasteiger partial charge in [-0.3, -0.25) is 0 Å². The number of ether oxygens (including phenoxy) is 1. The molecule has 0 amide bonds. The van der Waals surface area contributed by atoms with Gasteiger partial charge in [-0.2, -0.15) is 0 Å². The summed E-state index contributed by atoms with van der Waals surface area (Å²) in [4.78, 5) is 0.285. The van der Waals surface area contributed by atoms with E-state index in [2.05, 4.69) is 27.9 Å². The molecule has 0 saturated carbocycles. The normalized spacial score (nSPS) is 10.2. The highest BCUT2D eigenvalue weighted by Crippen LogP contribution is 2.28. The van der Waals surface area contributed by atoms with E-state index in [0.717, 1.165) is 14.9 Å². The van der Waals surface area contributed by atoms with Gasteiger partial charge in [-0.25, -0.2) is 4.39 Å². The maximum Gasteiger partial charge on any atom is 0.124 e. The number of halogens is 2. The second kappa shape index (κ2) is 6.36. The molecule has 6 heteroatoms. The number of thiocarbonyl (C=S) groups is 1. The molecule has 0 heterocycles. The first-order chi connectivity index (χ1) is 9.51. The number of hydrogen-bond donors (Lipinski definition) is 2. The van der Waals surface area contributed by atoms with Crippen LogP contribution in [-0.4, -0.2) is 12.1 Å². The van der Waals surface area contributed by atoms with E-state index in [4.69, 9.17) is 22.7 Å². The smallest absolute Gasteiger partial charge is 0.124 e. The van der Waals surface area contributed by atoms with Crippen molar-refractivity contribution in [1.82, 2.24) is 0 Å². The lowest BCUT2D eigenvalue weighted by Crippen LogP contribution is -2.12. The minimum atomic E-state index is -0.278. The van der Waals surface area contributed by atoms with Crippen molar-refractivity contribution in [2.45, 2.75) is 0 Å². The summed E-state index contributed by atoms with van der Waals surface area (Å²) < 4.78 is 19.1. The Hall–Kier alpha value is -1.41. The Labute approximate surface area is 135 Å². The van der Waals surface area contributed by atoms with Gasteiger partial charge in [0.2, 0.25) is 0 Å². The van der Waals surface area contributed by atoms with Crippen LogP contribution in [0.4, 0.5) is 15.8 Å². The van der Waals surface area contributed by atoms with Crippen LogP contribution in [0.25, 0.3) is 0 Å². The summed E-state index contributed by atoms with van der Waals surface area (Å²) in [6.45, 7) is 0. The molecular formula is C14H12FIN2OS. The Morgan fingerprint density at radius 3 is 2.60 bits per heavy atom. The van der Waals surface area contributed by atoms with E-state index in [9.17, 15) is 4.39 Å². The average molecular weight is 402 g/mol. The zero-order chi connectivity index (χ0) is 14.7. The molecule has 0 unspecified atom stereocenters. The van der Waals surface area contributed by atoms with E-state index >= 15 is 0 Å². The zero-order valence-corrected chi connectivity index (χ0v) is 13.6. The molecule has 0 fully saturated rings. The van der Waals surface area contributed by atoms with Gasteiger partial charge in [-0.1, -0.05) is 12.2 Å². The second-order valence-corrected chi connectivity index (χ2v) is 5.63. The number of benzene rings is 2. The van der Waals surface area contributed by atoms with Crippen LogP contribution >= 0.6 is 34.8 Å². The van der Waals surface area contributed by atoms with E-state index in [1.54, 1.807) is 31.4 Å². The van der Waals surface area contributed by atoms with Gasteiger partial charge < -0.3 is 15.8 Å². The van der Waals surface area contributed by atoms with Crippen molar-refractivity contribution in [2.24, 2.45) is 5.73 Å². The van der Waals surface area contributed by atoms with Gasteiger partial charge in [0.25, 0.3) is 0 Å². The van der Waals surface area contributed by atoms with E-state index in [1.807, 2.05) is 0 Å². The molecule has 0 aliphatic heterocycles. The second-order valence-electron chi connectivity index (χ2n) is 4.02. The van der Waals surface area contributed by atoms with Crippen molar-refractivity contribution in [2.75, 3.05) is 12.4 Å². The molecule has 0 bridgehead atoms. The molecule has 0 radical (unpaired) electrons. The van der Waals surface area contributed by atoms with Gasteiger partial charge in [0.15, 0.2) is 0 Å². The van der Waals surface area contributed by atoms with E-state index in [0.29, 0.717) is 11.3 Å². The van der Waals surface area contributed by atoms with Gasteiger partial charge in [0, 0.05) is 15.2 Å². The molecule has 0 spiro atoms. The maximum atomic E-state index is 13.1. The van der Waals surface area contributed by atoms with Gasteiger partial charge >= 0.3 is 0 Å². The van der Waals surface area contributed by atoms with Gasteiger partial charge in [0.05, 0.1) is 18.5 Å². The summed E-state index contributed by atoms with van der Waals surface area (Å²) in [5, 5.41) is 3.20. The van der Waals surface area contributed by atoms with Crippen molar-refractivity contribution in [3.63, 3.8) is 0 Å². The molecule has 3 nitrogen and oxygen atoms in total. The summed E-state index contributed by atoms with van der Waals surface area (Å²) in [5.41, 5.74) is 7.92. The SMILES string of the molecule is COc1ccc(C(N)=S)c(Nc2ccc(F)cc2I)c1. The Balaban J connectivity index is 2.43. The number of anilines is 2. The van der Waals surface area contributed by atoms with E-state index in [-0.39, 0.29) is 10.8 Å². The zero-order valence-electron chi connectivity index (χ0n) is 10.6. The third-order valence-electron chi connectivity index (χ3n) is 2.69. The van der Waals surface area contributed by atoms with Crippen molar-refractivity contribution >= 4 is 51.2 Å². The fourth-order valence-corrected chi connectivity index (χ4v) is 2.49. The summed E-state index contributed by atoms with van der Waals surface area (Å²) in [7, 11) is 1.58. The predicted octanol–water partition coefficient (Wildman–Crippen LogP) is 3.82. The molecule has 2 aromatic rings. The van der Waals surface area contributed by atoms with Crippen molar-refractivity contribution in [3.05, 3.63) is 51.3 Å². The molecule has 0 aliphatic carbocycles. The first-order valence-corrected chi connectivity index (χ1v) is 7.20. The molecule has 0 atom stereocenters. The summed E-state index contributed by atoms with van der Waals surface area (Å²) >= 11 is 7.10. The Bertz CT molecular complexity index is 664. The Kier molecular flexibility index (Phi) is 4.77. The number of nitrogens with one attached hydrogen (secondary N) is 1. The standard InChI is InChI=1S/C14H12FIN2OS/c1-19-9-3-4-10(14(17)20)13(7-9)18-12-5-2-8(15)6-11(12)16/h2-7,18H,1H3,(H2,17,20). The molecule has 104 valence electrons. The molecule has 0 aliphatic rings. The lowest BCUT2D eigenvalue weighted by atomic mass is 10.1. The van der Waals surface area contributed by atoms with Crippen molar-refractivity contribution in [3.8, 4) is 5.75 Å². The summed E-state index contributed by atoms with van der Waals surface area (Å²) in [5.74, 6) is 0.407. The molecule has 2 aromatic carbocycles. The predicted molar refractivity (Wildman–Crippen MR) is 91.3 cm³/mol. The fourth-order valence-electron chi connectivity index (χ4n) is 1.70. The lowest BCUT2D eigenvalue weighted by Gasteiger charge is -2.14. The molecular weight excluding hydrogens is 390 g/mol. The number of methoxy groups -OCH3 is 1. The maximum absolute atomic E-state index is 13.1. The molecule has 0 aromatic heterocycles. The first kappa shape index (κ1) is 15.0. The minimum Gasteiger partial charge on any atom is -0.497 e. The van der Waals surface area contributed by atoms with Crippen LogP contribution in [0.1, 0.15) is 5.56 Å². The van der Waals surface area contributed by atoms with Crippen molar-refractivity contribution in [1.29, 1.82) is 0 Å². The molecule has 20 heavy (non-hydrogen) atoms.